The van der Waals surface area contributed by atoms with Gasteiger partial charge in [-0.3, -0.25) is 4.79 Å². The summed E-state index contributed by atoms with van der Waals surface area (Å²) in [5.41, 5.74) is -6.52. The predicted molar refractivity (Wildman–Crippen MR) is 145 cm³/mol. The van der Waals surface area contributed by atoms with Gasteiger partial charge in [-0.2, -0.15) is 0 Å². The second-order valence-electron chi connectivity index (χ2n) is 13.6. The van der Waals surface area contributed by atoms with E-state index in [0.29, 0.717) is 19.6 Å². The summed E-state index contributed by atoms with van der Waals surface area (Å²) in [7, 11) is 4.62. The fraction of sp³-hybridized carbons (Fsp3) is 0.742. The normalized spacial score (nSPS) is 51.2. The molecule has 11 heteroatoms. The molecule has 1 aliphatic heterocycles. The largest absolute Gasteiger partial charge is 0.455 e. The molecule has 0 amide bonds. The van der Waals surface area contributed by atoms with E-state index in [1.54, 1.807) is 44.6 Å². The molecule has 11 nitrogen and oxygen atoms in total. The maximum Gasteiger partial charge on any atom is 0.338 e. The maximum atomic E-state index is 13.6. The van der Waals surface area contributed by atoms with E-state index in [1.807, 2.05) is 0 Å². The molecule has 1 aromatic carbocycles. The first-order valence-electron chi connectivity index (χ1n) is 14.9. The number of fused-ring (bicyclic) bond motifs is 2. The van der Waals surface area contributed by atoms with Crippen molar-refractivity contribution in [3.05, 3.63) is 35.9 Å². The summed E-state index contributed by atoms with van der Waals surface area (Å²) in [5, 5.41) is 41.8. The SMILES string of the molecule is COC[C@]12CCC[C@]34[C@H](NC1)[C@H]([C@H](OC)[C@H]23)[C@]1(OC(C)=O)[C@H]2[C@@H](OC(=O)c3ccccc3)[C@@](O)(C[C@]24O)[C@@H](OC)[C@@H]1O. The topological polar surface area (TPSA) is 153 Å². The average Bonchev–Trinajstić information content (AvgIpc) is 3.27. The number of hydrogen-bond donors (Lipinski definition) is 4. The third kappa shape index (κ3) is 3.05. The van der Waals surface area contributed by atoms with Gasteiger partial charge in [0.1, 0.15) is 23.9 Å². The Balaban J connectivity index is 1.49. The van der Waals surface area contributed by atoms with E-state index in [1.165, 1.54) is 14.0 Å². The maximum absolute atomic E-state index is 13.6. The molecule has 1 heterocycles. The van der Waals surface area contributed by atoms with Crippen molar-refractivity contribution in [1.29, 1.82) is 0 Å². The minimum absolute atomic E-state index is 0.239. The molecule has 0 radical (unpaired) electrons. The zero-order valence-corrected chi connectivity index (χ0v) is 24.4. The minimum Gasteiger partial charge on any atom is -0.455 e. The lowest BCUT2D eigenvalue weighted by Crippen LogP contribution is -2.82. The Bertz CT molecular complexity index is 1280. The molecular formula is C31H41NO10. The van der Waals surface area contributed by atoms with Crippen molar-refractivity contribution in [2.75, 3.05) is 34.5 Å². The third-order valence-electron chi connectivity index (χ3n) is 12.2. The van der Waals surface area contributed by atoms with Gasteiger partial charge in [0, 0.05) is 69.9 Å². The van der Waals surface area contributed by atoms with Gasteiger partial charge in [-0.25, -0.2) is 4.79 Å². The van der Waals surface area contributed by atoms with Gasteiger partial charge < -0.3 is 44.3 Å². The lowest BCUT2D eigenvalue weighted by atomic mass is 9.42. The number of benzene rings is 1. The van der Waals surface area contributed by atoms with E-state index in [0.717, 1.165) is 12.8 Å². The van der Waals surface area contributed by atoms with Crippen molar-refractivity contribution in [3.63, 3.8) is 0 Å². The Kier molecular flexibility index (Phi) is 6.27. The number of aliphatic hydroxyl groups is 3. The van der Waals surface area contributed by atoms with Crippen LogP contribution in [-0.2, 0) is 28.5 Å². The van der Waals surface area contributed by atoms with Crippen LogP contribution in [0.2, 0.25) is 0 Å². The number of nitrogens with one attached hydrogen (secondary N) is 1. The number of carbonyl (C=O) groups is 2. The first-order chi connectivity index (χ1) is 20.0. The smallest absolute Gasteiger partial charge is 0.338 e. The van der Waals surface area contributed by atoms with Gasteiger partial charge in [0.15, 0.2) is 5.60 Å². The number of methoxy groups -OCH3 is 3. The molecular weight excluding hydrogens is 546 g/mol. The minimum atomic E-state index is -1.97. The molecule has 1 spiro atoms. The molecule has 5 saturated carbocycles. The highest BCUT2D eigenvalue weighted by Gasteiger charge is 2.93. The van der Waals surface area contributed by atoms with E-state index in [-0.39, 0.29) is 17.9 Å². The van der Waals surface area contributed by atoms with Gasteiger partial charge in [0.2, 0.25) is 0 Å². The Morgan fingerprint density at radius 3 is 2.40 bits per heavy atom. The number of ether oxygens (including phenoxy) is 5. The Morgan fingerprint density at radius 2 is 1.76 bits per heavy atom. The number of rotatable bonds is 7. The number of hydrogen-bond acceptors (Lipinski definition) is 11. The summed E-state index contributed by atoms with van der Waals surface area (Å²) in [6, 6.07) is 7.98. The quantitative estimate of drug-likeness (QED) is 0.329. The standard InChI is InChI=1S/C31H41NO10/c1-16(33)42-31-18-19(39-3)20-27(15-38-2)11-8-12-28(20,22(18)32-14-27)30(37)13-29(36,25(40-4)23(31)34)24(21(30)31)41-26(35)17-9-6-5-7-10-17/h5-7,9-10,18-25,32,34,36-37H,8,11-15H2,1-4H3/t18-,19-,20+,21-,22+,23-,24+,25-,27-,28+,29-,30-,31-/m0/s1. The van der Waals surface area contributed by atoms with Crippen molar-refractivity contribution in [2.45, 2.75) is 79.9 Å². The summed E-state index contributed by atoms with van der Waals surface area (Å²) < 4.78 is 30.3. The van der Waals surface area contributed by atoms with E-state index in [2.05, 4.69) is 5.32 Å². The van der Waals surface area contributed by atoms with Crippen LogP contribution in [0.25, 0.3) is 0 Å². The van der Waals surface area contributed by atoms with Crippen LogP contribution in [0.1, 0.15) is 43.0 Å². The van der Waals surface area contributed by atoms with Gasteiger partial charge in [-0.05, 0) is 25.0 Å². The molecule has 6 fully saturated rings. The molecule has 42 heavy (non-hydrogen) atoms. The zero-order valence-electron chi connectivity index (χ0n) is 24.4. The van der Waals surface area contributed by atoms with Gasteiger partial charge in [-0.15, -0.1) is 0 Å². The molecule has 1 saturated heterocycles. The zero-order chi connectivity index (χ0) is 29.9. The lowest BCUT2D eigenvalue weighted by Gasteiger charge is -2.68. The van der Waals surface area contributed by atoms with Gasteiger partial charge in [0.25, 0.3) is 0 Å². The van der Waals surface area contributed by atoms with Crippen molar-refractivity contribution in [1.82, 2.24) is 5.32 Å². The second-order valence-corrected chi connectivity index (χ2v) is 13.6. The predicted octanol–water partition coefficient (Wildman–Crippen LogP) is 0.435. The highest BCUT2D eigenvalue weighted by molar-refractivity contribution is 5.89. The number of carbonyl (C=O) groups excluding carboxylic acids is 2. The molecule has 4 N–H and O–H groups in total. The highest BCUT2D eigenvalue weighted by atomic mass is 16.6. The van der Waals surface area contributed by atoms with Gasteiger partial charge in [0.05, 0.1) is 29.8 Å². The third-order valence-corrected chi connectivity index (χ3v) is 12.2. The molecule has 5 aliphatic carbocycles. The molecule has 7 bridgehead atoms. The Morgan fingerprint density at radius 1 is 1.02 bits per heavy atom. The second kappa shape index (κ2) is 9.20. The van der Waals surface area contributed by atoms with Crippen LogP contribution in [-0.4, -0.2) is 109 Å². The number of piperidine rings is 1. The summed E-state index contributed by atoms with van der Waals surface area (Å²) in [5.74, 6) is -3.41. The first-order valence-corrected chi connectivity index (χ1v) is 14.9. The fourth-order valence-electron chi connectivity index (χ4n) is 11.5. The first kappa shape index (κ1) is 28.6. The van der Waals surface area contributed by atoms with Crippen LogP contribution >= 0.6 is 0 Å². The Labute approximate surface area is 244 Å². The molecule has 230 valence electrons. The summed E-state index contributed by atoms with van der Waals surface area (Å²) in [6.07, 6.45) is -2.77. The molecule has 0 aromatic heterocycles. The summed E-state index contributed by atoms with van der Waals surface area (Å²) in [6.45, 7) is 2.28. The highest BCUT2D eigenvalue weighted by Crippen LogP contribution is 2.80. The van der Waals surface area contributed by atoms with Crippen LogP contribution in [0.3, 0.4) is 0 Å². The van der Waals surface area contributed by atoms with Crippen molar-refractivity contribution in [2.24, 2.45) is 28.6 Å². The molecule has 13 atom stereocenters. The average molecular weight is 588 g/mol. The van der Waals surface area contributed by atoms with Crippen LogP contribution in [0.4, 0.5) is 0 Å². The van der Waals surface area contributed by atoms with E-state index >= 15 is 0 Å². The van der Waals surface area contributed by atoms with Crippen molar-refractivity contribution < 1.29 is 48.6 Å². The molecule has 0 unspecified atom stereocenters. The van der Waals surface area contributed by atoms with E-state index in [4.69, 9.17) is 23.7 Å². The van der Waals surface area contributed by atoms with Crippen molar-refractivity contribution >= 4 is 11.9 Å². The molecule has 1 aromatic rings. The fourth-order valence-corrected chi connectivity index (χ4v) is 11.5. The van der Waals surface area contributed by atoms with Crippen LogP contribution in [0.15, 0.2) is 30.3 Å². The van der Waals surface area contributed by atoms with E-state index in [9.17, 15) is 24.9 Å². The Hall–Kier alpha value is -2.12. The van der Waals surface area contributed by atoms with Crippen LogP contribution in [0.5, 0.6) is 0 Å². The number of aliphatic hydroxyl groups excluding tert-OH is 1. The van der Waals surface area contributed by atoms with Crippen molar-refractivity contribution in [3.8, 4) is 0 Å². The van der Waals surface area contributed by atoms with E-state index < -0.39 is 81.9 Å². The lowest BCUT2D eigenvalue weighted by molar-refractivity contribution is -0.322. The summed E-state index contributed by atoms with van der Waals surface area (Å²) >= 11 is 0. The van der Waals surface area contributed by atoms with Gasteiger partial charge in [-0.1, -0.05) is 24.6 Å². The monoisotopic (exact) mass is 587 g/mol. The molecule has 7 rings (SSSR count). The van der Waals surface area contributed by atoms with Crippen LogP contribution < -0.4 is 5.32 Å². The molecule has 6 aliphatic rings. The van der Waals surface area contributed by atoms with Gasteiger partial charge >= 0.3 is 11.9 Å². The summed E-state index contributed by atoms with van der Waals surface area (Å²) in [4.78, 5) is 26.6. The van der Waals surface area contributed by atoms with Crippen LogP contribution in [0, 0.1) is 28.6 Å². The number of esters is 2.